The summed E-state index contributed by atoms with van der Waals surface area (Å²) in [6, 6.07) is 4.18. The van der Waals surface area contributed by atoms with Gasteiger partial charge in [0.1, 0.15) is 11.0 Å². The molecule has 0 radical (unpaired) electrons. The fourth-order valence-electron chi connectivity index (χ4n) is 1.49. The average molecular weight is 208 g/mol. The van der Waals surface area contributed by atoms with Gasteiger partial charge in [0.2, 0.25) is 0 Å². The lowest BCUT2D eigenvalue weighted by atomic mass is 10.0. The summed E-state index contributed by atoms with van der Waals surface area (Å²) in [6.45, 7) is 4.28. The molecule has 3 nitrogen and oxygen atoms in total. The number of thioether (sulfide) groups is 1. The molecule has 0 aliphatic heterocycles. The van der Waals surface area contributed by atoms with Crippen LogP contribution in [0.3, 0.4) is 0 Å². The van der Waals surface area contributed by atoms with Crippen molar-refractivity contribution in [2.24, 2.45) is 0 Å². The maximum Gasteiger partial charge on any atom is 0.149 e. The zero-order valence-corrected chi connectivity index (χ0v) is 9.26. The van der Waals surface area contributed by atoms with Crippen LogP contribution in [0.15, 0.2) is 21.7 Å². The van der Waals surface area contributed by atoms with E-state index in [1.165, 1.54) is 5.56 Å². The summed E-state index contributed by atoms with van der Waals surface area (Å²) in [7, 11) is 0. The van der Waals surface area contributed by atoms with Gasteiger partial charge in [-0.25, -0.2) is 4.63 Å². The summed E-state index contributed by atoms with van der Waals surface area (Å²) < 4.78 is 4.78. The van der Waals surface area contributed by atoms with E-state index in [4.69, 9.17) is 4.63 Å². The minimum absolute atomic E-state index is 0.445. The minimum atomic E-state index is 0.445. The normalized spacial score (nSPS) is 11.4. The maximum absolute atomic E-state index is 4.78. The highest BCUT2D eigenvalue weighted by molar-refractivity contribution is 7.98. The van der Waals surface area contributed by atoms with Gasteiger partial charge >= 0.3 is 0 Å². The predicted octanol–water partition coefficient (Wildman–Crippen LogP) is 3.07. The van der Waals surface area contributed by atoms with Crippen LogP contribution in [0, 0.1) is 0 Å². The first-order valence-electron chi connectivity index (χ1n) is 4.53. The van der Waals surface area contributed by atoms with Gasteiger partial charge in [-0.2, -0.15) is 0 Å². The Kier molecular flexibility index (Phi) is 2.46. The van der Waals surface area contributed by atoms with Crippen molar-refractivity contribution in [2.75, 3.05) is 6.26 Å². The van der Waals surface area contributed by atoms with Gasteiger partial charge in [0.15, 0.2) is 0 Å². The van der Waals surface area contributed by atoms with E-state index in [0.717, 1.165) is 15.9 Å². The van der Waals surface area contributed by atoms with Gasteiger partial charge in [-0.1, -0.05) is 19.9 Å². The Labute approximate surface area is 86.8 Å². The average Bonchev–Trinajstić information content (AvgIpc) is 2.64. The molecule has 14 heavy (non-hydrogen) atoms. The van der Waals surface area contributed by atoms with Crippen molar-refractivity contribution in [3.8, 4) is 0 Å². The molecule has 0 aliphatic rings. The molecule has 0 atom stereocenters. The van der Waals surface area contributed by atoms with E-state index in [1.807, 2.05) is 6.26 Å². The molecule has 1 heterocycles. The zero-order valence-electron chi connectivity index (χ0n) is 8.44. The lowest BCUT2D eigenvalue weighted by Gasteiger charge is -2.05. The molecule has 0 saturated heterocycles. The van der Waals surface area contributed by atoms with Crippen molar-refractivity contribution in [2.45, 2.75) is 24.7 Å². The highest BCUT2D eigenvalue weighted by Crippen LogP contribution is 2.29. The molecule has 4 heteroatoms. The van der Waals surface area contributed by atoms with E-state index in [1.54, 1.807) is 11.8 Å². The third-order valence-electron chi connectivity index (χ3n) is 2.25. The first-order valence-corrected chi connectivity index (χ1v) is 5.75. The van der Waals surface area contributed by atoms with Crippen LogP contribution in [0.2, 0.25) is 0 Å². The number of rotatable bonds is 2. The third kappa shape index (κ3) is 1.39. The molecule has 2 aromatic rings. The minimum Gasteiger partial charge on any atom is -0.243 e. The van der Waals surface area contributed by atoms with E-state index in [-0.39, 0.29) is 0 Å². The van der Waals surface area contributed by atoms with Crippen LogP contribution in [-0.4, -0.2) is 16.6 Å². The number of benzene rings is 1. The monoisotopic (exact) mass is 208 g/mol. The maximum atomic E-state index is 4.78. The summed E-state index contributed by atoms with van der Waals surface area (Å²) in [5.74, 6) is 0.445. The molecule has 1 aromatic heterocycles. The Morgan fingerprint density at radius 2 is 1.93 bits per heavy atom. The highest BCUT2D eigenvalue weighted by atomic mass is 32.2. The molecule has 0 unspecified atom stereocenters. The van der Waals surface area contributed by atoms with E-state index < -0.39 is 0 Å². The molecule has 0 amide bonds. The summed E-state index contributed by atoms with van der Waals surface area (Å²) >= 11 is 1.66. The molecule has 2 rings (SSSR count). The van der Waals surface area contributed by atoms with Gasteiger partial charge in [-0.05, 0) is 34.1 Å². The fraction of sp³-hybridized carbons (Fsp3) is 0.400. The molecular weight excluding hydrogens is 196 g/mol. The lowest BCUT2D eigenvalue weighted by molar-refractivity contribution is 0.315. The summed E-state index contributed by atoms with van der Waals surface area (Å²) in [6.07, 6.45) is 2.03. The quantitative estimate of drug-likeness (QED) is 0.711. The highest BCUT2D eigenvalue weighted by Gasteiger charge is 2.12. The topological polar surface area (TPSA) is 38.9 Å². The number of aromatic nitrogens is 2. The summed E-state index contributed by atoms with van der Waals surface area (Å²) in [5, 5.41) is 7.87. The number of hydrogen-bond donors (Lipinski definition) is 0. The van der Waals surface area contributed by atoms with Crippen molar-refractivity contribution in [1.29, 1.82) is 0 Å². The van der Waals surface area contributed by atoms with Gasteiger partial charge in [0.05, 0.1) is 0 Å². The first kappa shape index (κ1) is 9.52. The Morgan fingerprint density at radius 3 is 2.57 bits per heavy atom. The summed E-state index contributed by atoms with van der Waals surface area (Å²) in [5.41, 5.74) is 2.97. The molecule has 0 fully saturated rings. The van der Waals surface area contributed by atoms with E-state index in [0.29, 0.717) is 5.92 Å². The van der Waals surface area contributed by atoms with Gasteiger partial charge in [0, 0.05) is 4.90 Å². The van der Waals surface area contributed by atoms with E-state index in [9.17, 15) is 0 Å². The van der Waals surface area contributed by atoms with Crippen molar-refractivity contribution < 1.29 is 4.63 Å². The molecule has 0 saturated carbocycles. The Bertz CT molecular complexity index is 450. The largest absolute Gasteiger partial charge is 0.243 e. The molecule has 74 valence electrons. The van der Waals surface area contributed by atoms with Crippen LogP contribution in [-0.2, 0) is 0 Å². The van der Waals surface area contributed by atoms with Crippen molar-refractivity contribution in [1.82, 2.24) is 10.3 Å². The molecule has 0 bridgehead atoms. The van der Waals surface area contributed by atoms with Gasteiger partial charge < -0.3 is 0 Å². The predicted molar refractivity (Wildman–Crippen MR) is 57.7 cm³/mol. The fourth-order valence-corrected chi connectivity index (χ4v) is 2.02. The van der Waals surface area contributed by atoms with Crippen LogP contribution < -0.4 is 0 Å². The molecule has 0 N–H and O–H groups in total. The number of nitrogens with zero attached hydrogens (tertiary/aromatic N) is 2. The van der Waals surface area contributed by atoms with Crippen LogP contribution in [0.1, 0.15) is 25.3 Å². The molecule has 0 aliphatic carbocycles. The second-order valence-electron chi connectivity index (χ2n) is 3.47. The Morgan fingerprint density at radius 1 is 1.21 bits per heavy atom. The summed E-state index contributed by atoms with van der Waals surface area (Å²) in [4.78, 5) is 1.12. The van der Waals surface area contributed by atoms with Gasteiger partial charge in [-0.3, -0.25) is 0 Å². The molecule has 1 aromatic carbocycles. The zero-order chi connectivity index (χ0) is 10.1. The third-order valence-corrected chi connectivity index (χ3v) is 3.02. The van der Waals surface area contributed by atoms with Crippen molar-refractivity contribution in [3.63, 3.8) is 0 Å². The van der Waals surface area contributed by atoms with Crippen molar-refractivity contribution >= 4 is 22.8 Å². The van der Waals surface area contributed by atoms with E-state index in [2.05, 4.69) is 36.3 Å². The Hall–Kier alpha value is -1.03. The smallest absolute Gasteiger partial charge is 0.149 e. The molecular formula is C10H12N2OS. The van der Waals surface area contributed by atoms with Crippen LogP contribution >= 0.6 is 11.8 Å². The van der Waals surface area contributed by atoms with Crippen LogP contribution in [0.5, 0.6) is 0 Å². The number of hydrogen-bond acceptors (Lipinski definition) is 4. The van der Waals surface area contributed by atoms with E-state index >= 15 is 0 Å². The number of fused-ring (bicyclic) bond motifs is 1. The van der Waals surface area contributed by atoms with Gasteiger partial charge in [0.25, 0.3) is 0 Å². The van der Waals surface area contributed by atoms with Gasteiger partial charge in [-0.15, -0.1) is 11.8 Å². The Balaban J connectivity index is 2.72. The lowest BCUT2D eigenvalue weighted by Crippen LogP contribution is -1.89. The standard InChI is InChI=1S/C10H12N2OS/c1-6(2)7-4-5-8(14-3)10-9(7)11-13-12-10/h4-6H,1-3H3. The molecule has 0 spiro atoms. The second kappa shape index (κ2) is 3.61. The SMILES string of the molecule is CSc1ccc(C(C)C)c2nonc12. The van der Waals surface area contributed by atoms with Crippen LogP contribution in [0.4, 0.5) is 0 Å². The second-order valence-corrected chi connectivity index (χ2v) is 4.32. The van der Waals surface area contributed by atoms with Crippen LogP contribution in [0.25, 0.3) is 11.0 Å². The first-order chi connectivity index (χ1) is 6.74. The van der Waals surface area contributed by atoms with Crippen molar-refractivity contribution in [3.05, 3.63) is 17.7 Å².